The average molecular weight is 592 g/mol. The first-order chi connectivity index (χ1) is 18.2. The summed E-state index contributed by atoms with van der Waals surface area (Å²) in [6.07, 6.45) is 2.60. The van der Waals surface area contributed by atoms with Crippen LogP contribution in [0.1, 0.15) is 48.1 Å². The molecule has 204 valence electrons. The number of aliphatic hydroxyl groups is 1. The monoisotopic (exact) mass is 591 g/mol. The molecular weight excluding hydrogens is 560 g/mol. The van der Waals surface area contributed by atoms with Crippen molar-refractivity contribution in [2.24, 2.45) is 0 Å². The van der Waals surface area contributed by atoms with Gasteiger partial charge in [0, 0.05) is 39.3 Å². The van der Waals surface area contributed by atoms with Gasteiger partial charge in [-0.3, -0.25) is 4.79 Å². The van der Waals surface area contributed by atoms with Crippen LogP contribution < -0.4 is 10.6 Å². The lowest BCUT2D eigenvalue weighted by Gasteiger charge is -2.40. The van der Waals surface area contributed by atoms with E-state index >= 15 is 0 Å². The molecule has 0 radical (unpaired) electrons. The number of nitrogens with zero attached hydrogens (tertiary/aromatic N) is 1. The molecule has 2 heterocycles. The summed E-state index contributed by atoms with van der Waals surface area (Å²) in [5, 5.41) is 22.2. The maximum absolute atomic E-state index is 14.1. The van der Waals surface area contributed by atoms with Crippen molar-refractivity contribution >= 4 is 21.8 Å². The van der Waals surface area contributed by atoms with Crippen LogP contribution in [-0.2, 0) is 28.0 Å². The summed E-state index contributed by atoms with van der Waals surface area (Å²) in [4.78, 5) is 11.4. The molecule has 0 spiro atoms. The summed E-state index contributed by atoms with van der Waals surface area (Å²) in [5.74, 6) is -2.16. The normalized spacial score (nSPS) is 19.5. The maximum atomic E-state index is 14.1. The first-order valence-corrected chi connectivity index (χ1v) is 13.4. The van der Waals surface area contributed by atoms with Gasteiger partial charge < -0.3 is 25.0 Å². The van der Waals surface area contributed by atoms with Crippen LogP contribution in [0, 0.1) is 11.6 Å². The summed E-state index contributed by atoms with van der Waals surface area (Å²) < 4.78 is 39.3. The van der Waals surface area contributed by atoms with Crippen molar-refractivity contribution in [2.45, 2.75) is 44.1 Å². The third kappa shape index (κ3) is 6.14. The lowest BCUT2D eigenvalue weighted by molar-refractivity contribution is -0.118. The van der Waals surface area contributed by atoms with Gasteiger partial charge in [-0.2, -0.15) is 0 Å². The standard InChI is InChI=1S/C28H32BrF2N3O4/c1-17(35)33-11-9-19-14-18(4-3-13-37-2)5-7-21(19)27-25(29)26(34-38-27)22-16-32-12-10-28(22,36)20-6-8-23(30)24(31)15-20/h5-8,14-15,22,32,36H,3-4,9-13,16H2,1-2H3,(H,33,35)/t22-,28+/m1/s1. The molecule has 1 saturated heterocycles. The summed E-state index contributed by atoms with van der Waals surface area (Å²) in [6, 6.07) is 9.59. The van der Waals surface area contributed by atoms with E-state index < -0.39 is 23.2 Å². The van der Waals surface area contributed by atoms with Gasteiger partial charge in [-0.1, -0.05) is 29.4 Å². The van der Waals surface area contributed by atoms with Crippen molar-refractivity contribution in [3.63, 3.8) is 0 Å². The molecule has 3 N–H and O–H groups in total. The van der Waals surface area contributed by atoms with Crippen LogP contribution in [0.15, 0.2) is 45.4 Å². The number of ether oxygens (including phenoxy) is 1. The molecule has 0 aliphatic carbocycles. The number of hydrogen-bond donors (Lipinski definition) is 3. The molecular formula is C28H32BrF2N3O4. The third-order valence-electron chi connectivity index (χ3n) is 7.01. The Balaban J connectivity index is 1.69. The van der Waals surface area contributed by atoms with Gasteiger partial charge in [-0.25, -0.2) is 8.78 Å². The molecule has 1 aromatic heterocycles. The SMILES string of the molecule is COCCCc1ccc(-c2onc([C@H]3CNCC[C@]3(O)c3ccc(F)c(F)c3)c2Br)c(CCNC(C)=O)c1. The largest absolute Gasteiger partial charge is 0.385 e. The zero-order valence-electron chi connectivity index (χ0n) is 21.5. The van der Waals surface area contributed by atoms with Gasteiger partial charge in [0.1, 0.15) is 11.3 Å². The highest BCUT2D eigenvalue weighted by molar-refractivity contribution is 9.10. The molecule has 1 fully saturated rings. The number of rotatable bonds is 10. The van der Waals surface area contributed by atoms with Crippen LogP contribution >= 0.6 is 15.9 Å². The molecule has 7 nitrogen and oxygen atoms in total. The summed E-state index contributed by atoms with van der Waals surface area (Å²) in [5.41, 5.74) is 2.23. The lowest BCUT2D eigenvalue weighted by Crippen LogP contribution is -2.47. The van der Waals surface area contributed by atoms with Crippen LogP contribution in [0.25, 0.3) is 11.3 Å². The Bertz CT molecular complexity index is 1280. The van der Waals surface area contributed by atoms with E-state index in [0.29, 0.717) is 48.6 Å². The molecule has 0 bridgehead atoms. The van der Waals surface area contributed by atoms with E-state index in [-0.39, 0.29) is 17.9 Å². The van der Waals surface area contributed by atoms with Crippen molar-refractivity contribution in [3.8, 4) is 11.3 Å². The second-order valence-electron chi connectivity index (χ2n) is 9.59. The van der Waals surface area contributed by atoms with Crippen molar-refractivity contribution in [2.75, 3.05) is 33.4 Å². The van der Waals surface area contributed by atoms with Gasteiger partial charge in [0.05, 0.1) is 10.4 Å². The second-order valence-corrected chi connectivity index (χ2v) is 10.4. The number of benzene rings is 2. The van der Waals surface area contributed by atoms with Gasteiger partial charge in [0.2, 0.25) is 5.91 Å². The van der Waals surface area contributed by atoms with E-state index in [1.165, 1.54) is 13.0 Å². The fourth-order valence-electron chi connectivity index (χ4n) is 5.00. The summed E-state index contributed by atoms with van der Waals surface area (Å²) in [7, 11) is 1.68. The zero-order chi connectivity index (χ0) is 27.3. The Morgan fingerprint density at radius 2 is 2.08 bits per heavy atom. The van der Waals surface area contributed by atoms with Crippen molar-refractivity contribution in [3.05, 3.63) is 74.9 Å². The van der Waals surface area contributed by atoms with E-state index in [2.05, 4.69) is 37.8 Å². The number of hydrogen-bond acceptors (Lipinski definition) is 6. The highest BCUT2D eigenvalue weighted by Crippen LogP contribution is 2.46. The Kier molecular flexibility index (Phi) is 9.30. The molecule has 1 amide bonds. The van der Waals surface area contributed by atoms with Gasteiger partial charge in [-0.05, 0) is 77.0 Å². The van der Waals surface area contributed by atoms with Gasteiger partial charge in [0.25, 0.3) is 0 Å². The minimum Gasteiger partial charge on any atom is -0.385 e. The van der Waals surface area contributed by atoms with Crippen LogP contribution in [0.3, 0.4) is 0 Å². The number of aryl methyl sites for hydroxylation is 1. The van der Waals surface area contributed by atoms with Crippen molar-refractivity contribution in [1.29, 1.82) is 0 Å². The minimum atomic E-state index is -1.48. The van der Waals surface area contributed by atoms with E-state index in [0.717, 1.165) is 41.7 Å². The Morgan fingerprint density at radius 1 is 1.26 bits per heavy atom. The summed E-state index contributed by atoms with van der Waals surface area (Å²) in [6.45, 7) is 3.48. The molecule has 10 heteroatoms. The summed E-state index contributed by atoms with van der Waals surface area (Å²) >= 11 is 3.65. The molecule has 1 aliphatic rings. The number of carbonyl (C=O) groups is 1. The van der Waals surface area contributed by atoms with E-state index in [9.17, 15) is 18.7 Å². The quantitative estimate of drug-likeness (QED) is 0.298. The number of methoxy groups -OCH3 is 1. The average Bonchev–Trinajstić information content (AvgIpc) is 3.26. The number of nitrogens with one attached hydrogen (secondary N) is 2. The van der Waals surface area contributed by atoms with Crippen LogP contribution in [-0.4, -0.2) is 49.5 Å². The van der Waals surface area contributed by atoms with Crippen molar-refractivity contribution < 1.29 is 27.9 Å². The number of amides is 1. The van der Waals surface area contributed by atoms with Gasteiger partial charge in [-0.15, -0.1) is 0 Å². The predicted octanol–water partition coefficient (Wildman–Crippen LogP) is 4.60. The number of halogens is 3. The van der Waals surface area contributed by atoms with E-state index in [4.69, 9.17) is 9.26 Å². The fourth-order valence-corrected chi connectivity index (χ4v) is 5.64. The number of aromatic nitrogens is 1. The molecule has 0 saturated carbocycles. The van der Waals surface area contributed by atoms with Crippen LogP contribution in [0.4, 0.5) is 8.78 Å². The molecule has 1 aliphatic heterocycles. The molecule has 2 aromatic carbocycles. The zero-order valence-corrected chi connectivity index (χ0v) is 23.0. The molecule has 38 heavy (non-hydrogen) atoms. The molecule has 3 aromatic rings. The number of piperidine rings is 1. The van der Waals surface area contributed by atoms with Gasteiger partial charge in [0.15, 0.2) is 17.4 Å². The second kappa shape index (κ2) is 12.5. The first kappa shape index (κ1) is 28.4. The topological polar surface area (TPSA) is 96.6 Å². The van der Waals surface area contributed by atoms with E-state index in [1.807, 2.05) is 12.1 Å². The lowest BCUT2D eigenvalue weighted by atomic mass is 9.75. The molecule has 2 atom stereocenters. The minimum absolute atomic E-state index is 0.104. The third-order valence-corrected chi connectivity index (χ3v) is 7.78. The Hall–Kier alpha value is -2.66. The van der Waals surface area contributed by atoms with Crippen molar-refractivity contribution in [1.82, 2.24) is 15.8 Å². The van der Waals surface area contributed by atoms with Crippen LogP contribution in [0.5, 0.6) is 0 Å². The van der Waals surface area contributed by atoms with E-state index in [1.54, 1.807) is 7.11 Å². The Morgan fingerprint density at radius 3 is 2.82 bits per heavy atom. The molecule has 0 unspecified atom stereocenters. The smallest absolute Gasteiger partial charge is 0.216 e. The van der Waals surface area contributed by atoms with Gasteiger partial charge >= 0.3 is 0 Å². The molecule has 4 rings (SSSR count). The van der Waals surface area contributed by atoms with Crippen LogP contribution in [0.2, 0.25) is 0 Å². The number of carbonyl (C=O) groups excluding carboxylic acids is 1. The fraction of sp³-hybridized carbons (Fsp3) is 0.429. The Labute approximate surface area is 229 Å². The predicted molar refractivity (Wildman–Crippen MR) is 143 cm³/mol. The highest BCUT2D eigenvalue weighted by Gasteiger charge is 2.44. The maximum Gasteiger partial charge on any atom is 0.216 e. The first-order valence-electron chi connectivity index (χ1n) is 12.6. The highest BCUT2D eigenvalue weighted by atomic mass is 79.9.